The van der Waals surface area contributed by atoms with E-state index in [1.165, 1.54) is 6.07 Å². The van der Waals surface area contributed by atoms with Crippen molar-refractivity contribution in [2.24, 2.45) is 0 Å². The Bertz CT molecular complexity index is 558. The van der Waals surface area contributed by atoms with E-state index in [0.29, 0.717) is 37.7 Å². The predicted molar refractivity (Wildman–Crippen MR) is 89.8 cm³/mol. The lowest BCUT2D eigenvalue weighted by Gasteiger charge is -2.29. The minimum Gasteiger partial charge on any atom is -0.428 e. The van der Waals surface area contributed by atoms with Gasteiger partial charge in [0.05, 0.1) is 18.9 Å². The minimum atomic E-state index is -0.312. The van der Waals surface area contributed by atoms with Crippen molar-refractivity contribution in [1.82, 2.24) is 4.90 Å². The first-order chi connectivity index (χ1) is 11.7. The molecule has 1 aromatic carbocycles. The highest BCUT2D eigenvalue weighted by Gasteiger charge is 2.18. The van der Waals surface area contributed by atoms with Crippen molar-refractivity contribution in [3.05, 3.63) is 24.0 Å². The number of carbonyl (C=O) groups excluding carboxylic acids is 1. The smallest absolute Gasteiger partial charge is 0.411 e. The van der Waals surface area contributed by atoms with Crippen molar-refractivity contribution in [3.63, 3.8) is 0 Å². The van der Waals surface area contributed by atoms with Gasteiger partial charge in [0.25, 0.3) is 0 Å². The van der Waals surface area contributed by atoms with Gasteiger partial charge in [-0.05, 0) is 37.5 Å². The van der Waals surface area contributed by atoms with Crippen LogP contribution in [0.3, 0.4) is 0 Å². The van der Waals surface area contributed by atoms with Gasteiger partial charge < -0.3 is 24.6 Å². The van der Waals surface area contributed by atoms with E-state index >= 15 is 0 Å². The highest BCUT2D eigenvalue weighted by Crippen LogP contribution is 2.23. The van der Waals surface area contributed by atoms with Crippen LogP contribution in [0.4, 0.5) is 20.6 Å². The molecule has 0 spiro atoms. The van der Waals surface area contributed by atoms with Crippen LogP contribution >= 0.6 is 0 Å². The molecule has 2 fully saturated rings. The molecule has 0 aromatic heterocycles. The maximum atomic E-state index is 14.3. The molecule has 0 radical (unpaired) electrons. The van der Waals surface area contributed by atoms with E-state index in [9.17, 15) is 9.18 Å². The summed E-state index contributed by atoms with van der Waals surface area (Å²) >= 11 is 0. The van der Waals surface area contributed by atoms with Crippen LogP contribution < -0.4 is 10.2 Å². The second kappa shape index (κ2) is 8.19. The Morgan fingerprint density at radius 3 is 2.62 bits per heavy atom. The molecule has 0 saturated carbocycles. The molecule has 132 valence electrons. The van der Waals surface area contributed by atoms with E-state index in [1.54, 1.807) is 17.0 Å². The van der Waals surface area contributed by atoms with E-state index in [2.05, 4.69) is 5.32 Å². The fraction of sp³-hybridized carbons (Fsp3) is 0.588. The fourth-order valence-corrected chi connectivity index (χ4v) is 3.03. The molecular weight excluding hydrogens is 313 g/mol. The second-order valence-corrected chi connectivity index (χ2v) is 6.04. The van der Waals surface area contributed by atoms with Crippen molar-refractivity contribution in [2.45, 2.75) is 19.3 Å². The number of nitrogens with one attached hydrogen (secondary N) is 1. The van der Waals surface area contributed by atoms with Crippen molar-refractivity contribution in [3.8, 4) is 0 Å². The SMILES string of the molecule is O=C(OCNc1ccc(N2CCOCC2)c(F)c1)N1CCCCC1. The van der Waals surface area contributed by atoms with E-state index in [0.717, 1.165) is 32.4 Å². The molecule has 0 aliphatic carbocycles. The number of nitrogens with zero attached hydrogens (tertiary/aromatic N) is 2. The first-order valence-electron chi connectivity index (χ1n) is 8.52. The average molecular weight is 337 g/mol. The summed E-state index contributed by atoms with van der Waals surface area (Å²) in [4.78, 5) is 15.6. The summed E-state index contributed by atoms with van der Waals surface area (Å²) in [6.45, 7) is 4.15. The van der Waals surface area contributed by atoms with Gasteiger partial charge in [0, 0.05) is 31.9 Å². The largest absolute Gasteiger partial charge is 0.428 e. The molecule has 2 saturated heterocycles. The third-order valence-electron chi connectivity index (χ3n) is 4.39. The first kappa shape index (κ1) is 16.8. The Labute approximate surface area is 141 Å². The van der Waals surface area contributed by atoms with Crippen LogP contribution in [0.2, 0.25) is 0 Å². The van der Waals surface area contributed by atoms with Gasteiger partial charge in [0.1, 0.15) is 5.82 Å². The minimum absolute atomic E-state index is 0.0334. The van der Waals surface area contributed by atoms with E-state index in [1.807, 2.05) is 4.90 Å². The number of rotatable bonds is 4. The summed E-state index contributed by atoms with van der Waals surface area (Å²) in [6, 6.07) is 4.97. The summed E-state index contributed by atoms with van der Waals surface area (Å²) < 4.78 is 24.8. The van der Waals surface area contributed by atoms with Crippen LogP contribution in [0.1, 0.15) is 19.3 Å². The summed E-state index contributed by atoms with van der Waals surface area (Å²) in [5.41, 5.74) is 1.17. The zero-order chi connectivity index (χ0) is 16.8. The number of ether oxygens (including phenoxy) is 2. The molecule has 7 heteroatoms. The van der Waals surface area contributed by atoms with Crippen LogP contribution in [0.25, 0.3) is 0 Å². The molecule has 1 N–H and O–H groups in total. The van der Waals surface area contributed by atoms with Gasteiger partial charge >= 0.3 is 6.09 Å². The normalized spacial score (nSPS) is 18.4. The molecular formula is C17H24FN3O3. The van der Waals surface area contributed by atoms with Crippen LogP contribution in [0.5, 0.6) is 0 Å². The van der Waals surface area contributed by atoms with E-state index in [-0.39, 0.29) is 18.6 Å². The lowest BCUT2D eigenvalue weighted by molar-refractivity contribution is 0.101. The van der Waals surface area contributed by atoms with Crippen LogP contribution in [0, 0.1) is 5.82 Å². The third-order valence-corrected chi connectivity index (χ3v) is 4.39. The molecule has 2 aliphatic heterocycles. The number of piperidine rings is 1. The lowest BCUT2D eigenvalue weighted by atomic mass is 10.1. The molecule has 1 amide bonds. The van der Waals surface area contributed by atoms with Gasteiger partial charge in [-0.25, -0.2) is 9.18 Å². The van der Waals surface area contributed by atoms with Gasteiger partial charge in [0.15, 0.2) is 6.73 Å². The Kier molecular flexibility index (Phi) is 5.74. The molecule has 6 nitrogen and oxygen atoms in total. The number of halogens is 1. The van der Waals surface area contributed by atoms with Crippen LogP contribution in [-0.4, -0.2) is 57.1 Å². The molecule has 1 aromatic rings. The molecule has 0 unspecified atom stereocenters. The molecule has 3 rings (SSSR count). The zero-order valence-electron chi connectivity index (χ0n) is 13.8. The number of hydrogen-bond donors (Lipinski definition) is 1. The third kappa shape index (κ3) is 4.29. The Morgan fingerprint density at radius 1 is 1.17 bits per heavy atom. The van der Waals surface area contributed by atoms with Gasteiger partial charge in [-0.3, -0.25) is 0 Å². The number of benzene rings is 1. The second-order valence-electron chi connectivity index (χ2n) is 6.04. The Morgan fingerprint density at radius 2 is 1.92 bits per heavy atom. The van der Waals surface area contributed by atoms with E-state index < -0.39 is 0 Å². The van der Waals surface area contributed by atoms with Gasteiger partial charge in [-0.15, -0.1) is 0 Å². The number of morpholine rings is 1. The topological polar surface area (TPSA) is 54.0 Å². The highest BCUT2D eigenvalue weighted by atomic mass is 19.1. The number of hydrogen-bond acceptors (Lipinski definition) is 5. The maximum absolute atomic E-state index is 14.3. The predicted octanol–water partition coefficient (Wildman–Crippen LogP) is 2.65. The zero-order valence-corrected chi connectivity index (χ0v) is 13.8. The fourth-order valence-electron chi connectivity index (χ4n) is 3.03. The van der Waals surface area contributed by atoms with Crippen molar-refractivity contribution >= 4 is 17.5 Å². The van der Waals surface area contributed by atoms with E-state index in [4.69, 9.17) is 9.47 Å². The first-order valence-corrected chi connectivity index (χ1v) is 8.52. The summed E-state index contributed by atoms with van der Waals surface area (Å²) in [5, 5.41) is 2.93. The number of anilines is 2. The number of likely N-dealkylation sites (tertiary alicyclic amines) is 1. The standard InChI is InChI=1S/C17H24FN3O3/c18-15-12-14(4-5-16(15)20-8-10-23-11-9-20)19-13-24-17(22)21-6-2-1-3-7-21/h4-5,12,19H,1-3,6-11,13H2. The Balaban J connectivity index is 1.48. The Hall–Kier alpha value is -2.02. The number of carbonyl (C=O) groups is 1. The summed E-state index contributed by atoms with van der Waals surface area (Å²) in [7, 11) is 0. The van der Waals surface area contributed by atoms with Gasteiger partial charge in [-0.2, -0.15) is 0 Å². The maximum Gasteiger partial charge on any atom is 0.411 e. The molecule has 24 heavy (non-hydrogen) atoms. The molecule has 0 atom stereocenters. The molecule has 2 aliphatic rings. The van der Waals surface area contributed by atoms with Crippen molar-refractivity contribution in [2.75, 3.05) is 56.3 Å². The summed E-state index contributed by atoms with van der Waals surface area (Å²) in [6.07, 6.45) is 2.90. The van der Waals surface area contributed by atoms with Crippen LogP contribution in [0.15, 0.2) is 18.2 Å². The van der Waals surface area contributed by atoms with Gasteiger partial charge in [0.2, 0.25) is 0 Å². The summed E-state index contributed by atoms with van der Waals surface area (Å²) in [5.74, 6) is -0.288. The number of amides is 1. The highest BCUT2D eigenvalue weighted by molar-refractivity contribution is 5.68. The van der Waals surface area contributed by atoms with Gasteiger partial charge in [-0.1, -0.05) is 0 Å². The van der Waals surface area contributed by atoms with Crippen molar-refractivity contribution in [1.29, 1.82) is 0 Å². The molecule has 0 bridgehead atoms. The lowest BCUT2D eigenvalue weighted by Crippen LogP contribution is -2.37. The monoisotopic (exact) mass is 337 g/mol. The molecule has 2 heterocycles. The van der Waals surface area contributed by atoms with Crippen LogP contribution in [-0.2, 0) is 9.47 Å². The quantitative estimate of drug-likeness (QED) is 0.856. The van der Waals surface area contributed by atoms with Crippen molar-refractivity contribution < 1.29 is 18.7 Å². The average Bonchev–Trinajstić information content (AvgIpc) is 2.63.